The number of oxazole rings is 1. The number of aromatic nitrogens is 1. The number of hydrogen-bond acceptors (Lipinski definition) is 4. The Morgan fingerprint density at radius 3 is 2.78 bits per heavy atom. The fourth-order valence-electron chi connectivity index (χ4n) is 2.31. The fraction of sp³-hybridized carbons (Fsp3) is 0.235. The van der Waals surface area contributed by atoms with Crippen LogP contribution in [0.3, 0.4) is 0 Å². The van der Waals surface area contributed by atoms with Crippen molar-refractivity contribution in [3.05, 3.63) is 64.9 Å². The van der Waals surface area contributed by atoms with Crippen molar-refractivity contribution in [3.8, 4) is 10.8 Å². The molecule has 0 aliphatic heterocycles. The minimum Gasteiger partial charge on any atom is -0.444 e. The van der Waals surface area contributed by atoms with Crippen LogP contribution in [0.4, 0.5) is 8.78 Å². The summed E-state index contributed by atoms with van der Waals surface area (Å²) in [7, 11) is 1.91. The first-order valence-corrected chi connectivity index (χ1v) is 8.06. The van der Waals surface area contributed by atoms with Gasteiger partial charge in [-0.2, -0.15) is 0 Å². The SMILES string of the molecule is CC(c1ccc(F)c(F)c1)N(C)Cc1coc(-c2cccs2)n1. The Morgan fingerprint density at radius 2 is 2.09 bits per heavy atom. The van der Waals surface area contributed by atoms with Crippen LogP contribution in [0.25, 0.3) is 10.8 Å². The molecule has 0 radical (unpaired) electrons. The molecule has 2 heterocycles. The molecule has 0 N–H and O–H groups in total. The molecule has 2 aromatic heterocycles. The zero-order valence-corrected chi connectivity index (χ0v) is 13.6. The van der Waals surface area contributed by atoms with Crippen molar-refractivity contribution in [2.24, 2.45) is 0 Å². The van der Waals surface area contributed by atoms with Gasteiger partial charge in [-0.05, 0) is 43.1 Å². The Kier molecular flexibility index (Phi) is 4.54. The van der Waals surface area contributed by atoms with Gasteiger partial charge in [0, 0.05) is 12.6 Å². The molecule has 0 bridgehead atoms. The molecule has 1 atom stereocenters. The van der Waals surface area contributed by atoms with Crippen molar-refractivity contribution < 1.29 is 13.2 Å². The van der Waals surface area contributed by atoms with Crippen LogP contribution in [0.15, 0.2) is 46.4 Å². The quantitative estimate of drug-likeness (QED) is 0.666. The van der Waals surface area contributed by atoms with E-state index in [0.717, 1.165) is 16.6 Å². The molecule has 23 heavy (non-hydrogen) atoms. The molecule has 6 heteroatoms. The van der Waals surface area contributed by atoms with Gasteiger partial charge in [-0.25, -0.2) is 13.8 Å². The van der Waals surface area contributed by atoms with Gasteiger partial charge in [0.25, 0.3) is 0 Å². The number of hydrogen-bond donors (Lipinski definition) is 0. The van der Waals surface area contributed by atoms with Crippen LogP contribution in [-0.4, -0.2) is 16.9 Å². The Morgan fingerprint density at radius 1 is 1.26 bits per heavy atom. The van der Waals surface area contributed by atoms with E-state index in [1.165, 1.54) is 6.07 Å². The van der Waals surface area contributed by atoms with Gasteiger partial charge >= 0.3 is 0 Å². The van der Waals surface area contributed by atoms with Crippen LogP contribution in [0.1, 0.15) is 24.2 Å². The third kappa shape index (κ3) is 3.48. The second-order valence-electron chi connectivity index (χ2n) is 5.39. The average Bonchev–Trinajstić information content (AvgIpc) is 3.20. The summed E-state index contributed by atoms with van der Waals surface area (Å²) in [6, 6.07) is 7.80. The molecule has 0 saturated carbocycles. The predicted octanol–water partition coefficient (Wildman–Crippen LogP) is 4.87. The summed E-state index contributed by atoms with van der Waals surface area (Å²) in [6.45, 7) is 2.49. The van der Waals surface area contributed by atoms with E-state index in [1.54, 1.807) is 23.7 Å². The van der Waals surface area contributed by atoms with E-state index < -0.39 is 11.6 Å². The summed E-state index contributed by atoms with van der Waals surface area (Å²) in [5.74, 6) is -1.06. The van der Waals surface area contributed by atoms with Crippen LogP contribution in [0.5, 0.6) is 0 Å². The van der Waals surface area contributed by atoms with Crippen LogP contribution in [-0.2, 0) is 6.54 Å². The van der Waals surface area contributed by atoms with Crippen molar-refractivity contribution in [2.75, 3.05) is 7.05 Å². The van der Waals surface area contributed by atoms with Gasteiger partial charge in [0.1, 0.15) is 6.26 Å². The second-order valence-corrected chi connectivity index (χ2v) is 6.33. The smallest absolute Gasteiger partial charge is 0.236 e. The monoisotopic (exact) mass is 334 g/mol. The molecular weight excluding hydrogens is 318 g/mol. The van der Waals surface area contributed by atoms with E-state index in [9.17, 15) is 8.78 Å². The molecular formula is C17H16F2N2OS. The molecule has 0 amide bonds. The van der Waals surface area contributed by atoms with E-state index in [4.69, 9.17) is 4.42 Å². The molecule has 3 aromatic rings. The number of nitrogens with zero attached hydrogens (tertiary/aromatic N) is 2. The van der Waals surface area contributed by atoms with Gasteiger partial charge < -0.3 is 4.42 Å². The largest absolute Gasteiger partial charge is 0.444 e. The van der Waals surface area contributed by atoms with E-state index in [2.05, 4.69) is 4.98 Å². The van der Waals surface area contributed by atoms with Gasteiger partial charge in [-0.3, -0.25) is 4.90 Å². The highest BCUT2D eigenvalue weighted by molar-refractivity contribution is 7.13. The predicted molar refractivity (Wildman–Crippen MR) is 86.1 cm³/mol. The molecule has 0 saturated heterocycles. The highest BCUT2D eigenvalue weighted by Crippen LogP contribution is 2.26. The van der Waals surface area contributed by atoms with E-state index in [0.29, 0.717) is 18.0 Å². The number of rotatable bonds is 5. The lowest BCUT2D eigenvalue weighted by Crippen LogP contribution is -2.22. The third-order valence-electron chi connectivity index (χ3n) is 3.78. The van der Waals surface area contributed by atoms with Crippen LogP contribution >= 0.6 is 11.3 Å². The Labute approximate surface area is 137 Å². The van der Waals surface area contributed by atoms with Crippen LogP contribution < -0.4 is 0 Å². The summed E-state index contributed by atoms with van der Waals surface area (Å²) in [6.07, 6.45) is 1.63. The minimum absolute atomic E-state index is 0.0769. The summed E-state index contributed by atoms with van der Waals surface area (Å²) >= 11 is 1.57. The minimum atomic E-state index is -0.833. The van der Waals surface area contributed by atoms with Gasteiger partial charge in [-0.1, -0.05) is 12.1 Å². The maximum absolute atomic E-state index is 13.4. The van der Waals surface area contributed by atoms with E-state index >= 15 is 0 Å². The van der Waals surface area contributed by atoms with Crippen LogP contribution in [0.2, 0.25) is 0 Å². The van der Waals surface area contributed by atoms with Crippen molar-refractivity contribution in [2.45, 2.75) is 19.5 Å². The number of benzene rings is 1. The molecule has 0 fully saturated rings. The van der Waals surface area contributed by atoms with E-state index in [-0.39, 0.29) is 6.04 Å². The first kappa shape index (κ1) is 15.8. The number of thiophene rings is 1. The summed E-state index contributed by atoms with van der Waals surface area (Å²) in [5.41, 5.74) is 1.51. The lowest BCUT2D eigenvalue weighted by atomic mass is 10.1. The third-order valence-corrected chi connectivity index (χ3v) is 4.64. The molecule has 1 aromatic carbocycles. The first-order chi connectivity index (χ1) is 11.0. The topological polar surface area (TPSA) is 29.3 Å². The van der Waals surface area contributed by atoms with Crippen molar-refractivity contribution in [1.29, 1.82) is 0 Å². The maximum atomic E-state index is 13.4. The summed E-state index contributed by atoms with van der Waals surface area (Å²) in [5, 5.41) is 1.97. The maximum Gasteiger partial charge on any atom is 0.236 e. The zero-order chi connectivity index (χ0) is 16.4. The molecule has 0 aliphatic rings. The summed E-state index contributed by atoms with van der Waals surface area (Å²) < 4.78 is 31.9. The van der Waals surface area contributed by atoms with Gasteiger partial charge in [0.05, 0.1) is 10.6 Å². The van der Waals surface area contributed by atoms with Crippen molar-refractivity contribution in [1.82, 2.24) is 9.88 Å². The van der Waals surface area contributed by atoms with Crippen molar-refractivity contribution in [3.63, 3.8) is 0 Å². The normalized spacial score (nSPS) is 12.7. The lowest BCUT2D eigenvalue weighted by molar-refractivity contribution is 0.249. The van der Waals surface area contributed by atoms with Crippen molar-refractivity contribution >= 4 is 11.3 Å². The Balaban J connectivity index is 1.71. The first-order valence-electron chi connectivity index (χ1n) is 7.18. The molecule has 0 spiro atoms. The molecule has 3 rings (SSSR count). The molecule has 0 aliphatic carbocycles. The zero-order valence-electron chi connectivity index (χ0n) is 12.8. The molecule has 3 nitrogen and oxygen atoms in total. The highest BCUT2D eigenvalue weighted by Gasteiger charge is 2.16. The number of halogens is 2. The fourth-order valence-corrected chi connectivity index (χ4v) is 2.97. The standard InChI is InChI=1S/C17H16F2N2OS/c1-11(12-5-6-14(18)15(19)8-12)21(2)9-13-10-22-17(20-13)16-4-3-7-23-16/h3-8,10-11H,9H2,1-2H3. The van der Waals surface area contributed by atoms with Gasteiger partial charge in [-0.15, -0.1) is 11.3 Å². The Bertz CT molecular complexity index is 786. The molecule has 1 unspecified atom stereocenters. The van der Waals surface area contributed by atoms with E-state index in [1.807, 2.05) is 36.4 Å². The highest BCUT2D eigenvalue weighted by atomic mass is 32.1. The van der Waals surface area contributed by atoms with Gasteiger partial charge in [0.15, 0.2) is 11.6 Å². The second kappa shape index (κ2) is 6.60. The van der Waals surface area contributed by atoms with Crippen LogP contribution in [0, 0.1) is 11.6 Å². The molecule has 120 valence electrons. The lowest BCUT2D eigenvalue weighted by Gasteiger charge is -2.24. The average molecular weight is 334 g/mol. The summed E-state index contributed by atoms with van der Waals surface area (Å²) in [4.78, 5) is 7.45. The Hall–Kier alpha value is -2.05. The van der Waals surface area contributed by atoms with Gasteiger partial charge in [0.2, 0.25) is 5.89 Å².